The topological polar surface area (TPSA) is 79.5 Å². The summed E-state index contributed by atoms with van der Waals surface area (Å²) < 4.78 is 29.3. The summed E-state index contributed by atoms with van der Waals surface area (Å²) in [7, 11) is -3.94. The van der Waals surface area contributed by atoms with E-state index in [1.165, 1.54) is 11.8 Å². The van der Waals surface area contributed by atoms with Crippen molar-refractivity contribution in [3.05, 3.63) is 75.6 Å². The van der Waals surface area contributed by atoms with Gasteiger partial charge in [-0.05, 0) is 48.6 Å². The van der Waals surface area contributed by atoms with Gasteiger partial charge in [0.25, 0.3) is 0 Å². The number of thioether (sulfide) groups is 1. The van der Waals surface area contributed by atoms with Crippen molar-refractivity contribution >= 4 is 32.5 Å². The Balaban J connectivity index is 0.00000145. The van der Waals surface area contributed by atoms with Crippen molar-refractivity contribution in [1.29, 1.82) is 5.26 Å². The number of hydrogen-bond acceptors (Lipinski definition) is 6. The Morgan fingerprint density at radius 1 is 1.24 bits per heavy atom. The zero-order valence-corrected chi connectivity index (χ0v) is 18.5. The molecule has 3 rings (SSSR count). The van der Waals surface area contributed by atoms with E-state index in [2.05, 4.69) is 11.2 Å². The number of allylic oxidation sites excluding steroid dienone is 5. The Labute approximate surface area is 177 Å². The molecule has 0 N–H and O–H groups in total. The fourth-order valence-electron chi connectivity index (χ4n) is 2.63. The second kappa shape index (κ2) is 10.3. The number of benzene rings is 1. The molecule has 0 saturated heterocycles. The number of nitrogens with zero attached hydrogens (tertiary/aromatic N) is 2. The third-order valence-corrected chi connectivity index (χ3v) is 6.29. The molecule has 1 heterocycles. The summed E-state index contributed by atoms with van der Waals surface area (Å²) in [6.45, 7) is 7.94. The van der Waals surface area contributed by atoms with Crippen LogP contribution in [0.5, 0.6) is 0 Å². The third-order valence-electron chi connectivity index (χ3n) is 4.16. The first-order chi connectivity index (χ1) is 13.9. The summed E-state index contributed by atoms with van der Waals surface area (Å²) in [5.41, 5.74) is 2.35. The lowest BCUT2D eigenvalue weighted by Crippen LogP contribution is -2.08. The molecule has 1 aliphatic carbocycles. The van der Waals surface area contributed by atoms with E-state index in [0.717, 1.165) is 11.1 Å². The average Bonchev–Trinajstić information content (AvgIpc) is 3.19. The molecule has 1 unspecified atom stereocenters. The molecule has 1 aromatic carbocycles. The van der Waals surface area contributed by atoms with Gasteiger partial charge in [0.1, 0.15) is 16.0 Å². The van der Waals surface area contributed by atoms with Crippen molar-refractivity contribution in [2.75, 3.05) is 0 Å². The number of aryl methyl sites for hydroxylation is 1. The minimum Gasteiger partial charge on any atom is -0.264 e. The molecule has 29 heavy (non-hydrogen) atoms. The molecule has 0 saturated carbocycles. The van der Waals surface area contributed by atoms with Gasteiger partial charge in [0.2, 0.25) is 0 Å². The maximum absolute atomic E-state index is 12.2. The van der Waals surface area contributed by atoms with Crippen molar-refractivity contribution in [2.24, 2.45) is 11.1 Å². The zero-order chi connectivity index (χ0) is 21.4. The van der Waals surface area contributed by atoms with E-state index in [4.69, 9.17) is 4.28 Å². The van der Waals surface area contributed by atoms with Crippen molar-refractivity contribution in [2.45, 2.75) is 34.1 Å². The van der Waals surface area contributed by atoms with E-state index >= 15 is 0 Å². The molecule has 0 aromatic heterocycles. The van der Waals surface area contributed by atoms with Crippen molar-refractivity contribution in [1.82, 2.24) is 0 Å². The Kier molecular flexibility index (Phi) is 8.06. The maximum atomic E-state index is 12.2. The molecule has 2 aliphatic rings. The van der Waals surface area contributed by atoms with Crippen LogP contribution >= 0.6 is 11.8 Å². The highest BCUT2D eigenvalue weighted by Crippen LogP contribution is 2.35. The van der Waals surface area contributed by atoms with E-state index in [0.29, 0.717) is 27.9 Å². The molecule has 0 fully saturated rings. The summed E-state index contributed by atoms with van der Waals surface area (Å²) in [5.74, 6) is 0.308. The second-order valence-electron chi connectivity index (χ2n) is 6.24. The van der Waals surface area contributed by atoms with Gasteiger partial charge in [-0.3, -0.25) is 4.28 Å². The highest BCUT2D eigenvalue weighted by molar-refractivity contribution is 8.18. The summed E-state index contributed by atoms with van der Waals surface area (Å²) >= 11 is 1.20. The van der Waals surface area contributed by atoms with Gasteiger partial charge in [-0.1, -0.05) is 74.1 Å². The van der Waals surface area contributed by atoms with Gasteiger partial charge < -0.3 is 0 Å². The van der Waals surface area contributed by atoms with Crippen molar-refractivity contribution in [3.63, 3.8) is 0 Å². The van der Waals surface area contributed by atoms with E-state index in [9.17, 15) is 13.7 Å². The van der Waals surface area contributed by atoms with Crippen molar-refractivity contribution in [3.8, 4) is 6.07 Å². The lowest BCUT2D eigenvalue weighted by molar-refractivity contribution is 0.346. The SMILES string of the molecule is CC.Cc1ccccc1/C(C#N)=C1\C=CC(=NOS(=O)(=O)C2=CCC(C)C=C2)S1. The Morgan fingerprint density at radius 3 is 2.59 bits per heavy atom. The smallest absolute Gasteiger partial charge is 0.264 e. The predicted octanol–water partition coefficient (Wildman–Crippen LogP) is 5.70. The van der Waals surface area contributed by atoms with Crippen LogP contribution in [0.2, 0.25) is 0 Å². The third kappa shape index (κ3) is 5.72. The van der Waals surface area contributed by atoms with Crippen LogP contribution in [-0.2, 0) is 14.4 Å². The van der Waals surface area contributed by atoms with Crippen LogP contribution in [0.4, 0.5) is 0 Å². The van der Waals surface area contributed by atoms with Gasteiger partial charge >= 0.3 is 10.1 Å². The van der Waals surface area contributed by atoms with Crippen LogP contribution in [0.15, 0.2) is 69.6 Å². The molecule has 7 heteroatoms. The number of rotatable bonds is 4. The highest BCUT2D eigenvalue weighted by atomic mass is 32.2. The molecule has 1 aliphatic heterocycles. The fourth-order valence-corrected chi connectivity index (χ4v) is 4.32. The molecular formula is C22H24N2O3S2. The molecule has 5 nitrogen and oxygen atoms in total. The lowest BCUT2D eigenvalue weighted by atomic mass is 10.0. The van der Waals surface area contributed by atoms with Crippen LogP contribution in [0, 0.1) is 24.2 Å². The average molecular weight is 429 g/mol. The van der Waals surface area contributed by atoms with Crippen LogP contribution in [-0.4, -0.2) is 13.5 Å². The fraction of sp³-hybridized carbons (Fsp3) is 0.273. The molecule has 0 amide bonds. The number of oxime groups is 1. The summed E-state index contributed by atoms with van der Waals surface area (Å²) in [4.78, 5) is 0.822. The molecule has 1 atom stereocenters. The van der Waals surface area contributed by atoms with Gasteiger partial charge in [0, 0.05) is 4.91 Å². The van der Waals surface area contributed by atoms with Crippen LogP contribution < -0.4 is 0 Å². The van der Waals surface area contributed by atoms with Gasteiger partial charge in [0.05, 0.1) is 5.57 Å². The number of nitriles is 1. The Morgan fingerprint density at radius 2 is 1.97 bits per heavy atom. The van der Waals surface area contributed by atoms with E-state index in [-0.39, 0.29) is 4.91 Å². The highest BCUT2D eigenvalue weighted by Gasteiger charge is 2.22. The van der Waals surface area contributed by atoms with Gasteiger partial charge in [-0.25, -0.2) is 0 Å². The predicted molar refractivity (Wildman–Crippen MR) is 120 cm³/mol. The van der Waals surface area contributed by atoms with Gasteiger partial charge in [-0.15, -0.1) is 0 Å². The van der Waals surface area contributed by atoms with Crippen molar-refractivity contribution < 1.29 is 12.7 Å². The van der Waals surface area contributed by atoms with E-state index in [1.807, 2.05) is 58.0 Å². The molecule has 0 bridgehead atoms. The summed E-state index contributed by atoms with van der Waals surface area (Å²) in [6, 6.07) is 9.84. The van der Waals surface area contributed by atoms with Crippen LogP contribution in [0.1, 0.15) is 38.3 Å². The first-order valence-corrected chi connectivity index (χ1v) is 11.6. The molecule has 1 aromatic rings. The van der Waals surface area contributed by atoms with E-state index in [1.54, 1.807) is 24.3 Å². The monoisotopic (exact) mass is 428 g/mol. The summed E-state index contributed by atoms with van der Waals surface area (Å²) in [6.07, 6.45) is 9.03. The van der Waals surface area contributed by atoms with Crippen LogP contribution in [0.25, 0.3) is 5.57 Å². The molecule has 0 radical (unpaired) electrons. The Hall–Kier alpha value is -2.56. The minimum atomic E-state index is -3.94. The maximum Gasteiger partial charge on any atom is 0.358 e. The normalized spacial score (nSPS) is 21.1. The second-order valence-corrected chi connectivity index (χ2v) is 8.83. The molecule has 152 valence electrons. The minimum absolute atomic E-state index is 0.116. The molecule has 0 spiro atoms. The van der Waals surface area contributed by atoms with Crippen LogP contribution in [0.3, 0.4) is 0 Å². The largest absolute Gasteiger partial charge is 0.358 e. The first kappa shape index (κ1) is 22.7. The van der Waals surface area contributed by atoms with Gasteiger partial charge in [0.15, 0.2) is 0 Å². The first-order valence-electron chi connectivity index (χ1n) is 9.37. The zero-order valence-electron chi connectivity index (χ0n) is 16.9. The quantitative estimate of drug-likeness (QED) is 0.454. The van der Waals surface area contributed by atoms with E-state index < -0.39 is 10.1 Å². The molecular weight excluding hydrogens is 404 g/mol. The summed E-state index contributed by atoms with van der Waals surface area (Å²) in [5, 5.41) is 13.7. The van der Waals surface area contributed by atoms with Gasteiger partial charge in [-0.2, -0.15) is 13.7 Å². The Bertz CT molecular complexity index is 1060. The standard InChI is InChI=1S/C20H18N2O3S2.C2H6/c1-14-7-9-16(10-8-14)27(23,24)25-22-20-12-11-19(26-20)18(13-21)17-6-4-3-5-15(17)2;1-2/h3-7,9-12,14H,8H2,1-2H3;1-2H3/b19-18+,22-20?;. The number of hydrogen-bond donors (Lipinski definition) is 0. The lowest BCUT2D eigenvalue weighted by Gasteiger charge is -2.10.